The normalized spacial score (nSPS) is 17.8. The number of hydrogen-bond donors (Lipinski definition) is 1. The molecule has 1 amide bonds. The number of hydrogen-bond acceptors (Lipinski definition) is 5. The molecular formula is C26H19NO4S. The first-order valence-corrected chi connectivity index (χ1v) is 10.9. The van der Waals surface area contributed by atoms with Crippen LogP contribution >= 0.6 is 11.3 Å². The van der Waals surface area contributed by atoms with Gasteiger partial charge in [0.25, 0.3) is 11.7 Å². The van der Waals surface area contributed by atoms with E-state index in [2.05, 4.69) is 0 Å². The second-order valence-electron chi connectivity index (χ2n) is 7.41. The third-order valence-electron chi connectivity index (χ3n) is 5.65. The molecule has 1 N–H and O–H groups in total. The van der Waals surface area contributed by atoms with Crippen molar-refractivity contribution in [2.75, 3.05) is 12.0 Å². The van der Waals surface area contributed by atoms with Crippen molar-refractivity contribution >= 4 is 45.2 Å². The molecule has 4 aromatic rings. The number of rotatable bonds is 4. The Morgan fingerprint density at radius 2 is 1.69 bits per heavy atom. The number of aliphatic hydroxyl groups excluding tert-OH is 1. The Morgan fingerprint density at radius 1 is 0.938 bits per heavy atom. The first-order valence-electron chi connectivity index (χ1n) is 10.1. The lowest BCUT2D eigenvalue weighted by molar-refractivity contribution is -0.132. The van der Waals surface area contributed by atoms with Crippen LogP contribution in [0.25, 0.3) is 16.5 Å². The summed E-state index contributed by atoms with van der Waals surface area (Å²) in [5.41, 5.74) is 1.17. The van der Waals surface area contributed by atoms with E-state index in [4.69, 9.17) is 4.74 Å². The highest BCUT2D eigenvalue weighted by molar-refractivity contribution is 7.10. The van der Waals surface area contributed by atoms with E-state index in [9.17, 15) is 14.7 Å². The van der Waals surface area contributed by atoms with Crippen LogP contribution in [0.2, 0.25) is 0 Å². The highest BCUT2D eigenvalue weighted by Crippen LogP contribution is 2.44. The number of ether oxygens (including phenoxy) is 1. The zero-order valence-electron chi connectivity index (χ0n) is 17.2. The molecule has 3 aromatic carbocycles. The Kier molecular flexibility index (Phi) is 4.99. The van der Waals surface area contributed by atoms with E-state index in [0.29, 0.717) is 17.0 Å². The zero-order chi connectivity index (χ0) is 22.2. The number of anilines is 1. The number of aliphatic hydroxyl groups is 1. The maximum Gasteiger partial charge on any atom is 0.300 e. The van der Waals surface area contributed by atoms with Crippen LogP contribution in [-0.2, 0) is 9.59 Å². The molecule has 5 nitrogen and oxygen atoms in total. The molecule has 1 aromatic heterocycles. The van der Waals surface area contributed by atoms with Crippen LogP contribution in [0.3, 0.4) is 0 Å². The quantitative estimate of drug-likeness (QED) is 0.257. The Labute approximate surface area is 188 Å². The number of carbonyl (C=O) groups excluding carboxylic acids is 2. The minimum Gasteiger partial charge on any atom is -0.507 e. The van der Waals surface area contributed by atoms with Crippen molar-refractivity contribution in [1.82, 2.24) is 0 Å². The number of methoxy groups -OCH3 is 1. The van der Waals surface area contributed by atoms with Gasteiger partial charge in [-0.3, -0.25) is 14.5 Å². The summed E-state index contributed by atoms with van der Waals surface area (Å²) >= 11 is 1.43. The van der Waals surface area contributed by atoms with Gasteiger partial charge in [-0.2, -0.15) is 0 Å². The predicted octanol–water partition coefficient (Wildman–Crippen LogP) is 5.54. The van der Waals surface area contributed by atoms with E-state index in [1.807, 2.05) is 53.9 Å². The van der Waals surface area contributed by atoms with Gasteiger partial charge in [-0.1, -0.05) is 48.5 Å². The van der Waals surface area contributed by atoms with E-state index in [0.717, 1.165) is 15.6 Å². The molecule has 5 rings (SSSR count). The van der Waals surface area contributed by atoms with Gasteiger partial charge in [0.15, 0.2) is 0 Å². The lowest BCUT2D eigenvalue weighted by Crippen LogP contribution is -2.29. The highest BCUT2D eigenvalue weighted by Gasteiger charge is 2.47. The number of amides is 1. The Balaban J connectivity index is 1.73. The van der Waals surface area contributed by atoms with Gasteiger partial charge in [0.05, 0.1) is 12.7 Å². The van der Waals surface area contributed by atoms with Crippen LogP contribution in [0.5, 0.6) is 5.75 Å². The van der Waals surface area contributed by atoms with Crippen molar-refractivity contribution in [2.24, 2.45) is 0 Å². The Hall–Kier alpha value is -3.90. The minimum absolute atomic E-state index is 0.0876. The molecular weight excluding hydrogens is 422 g/mol. The molecule has 0 aliphatic carbocycles. The molecule has 1 fully saturated rings. The van der Waals surface area contributed by atoms with Crippen LogP contribution in [0.15, 0.2) is 89.8 Å². The van der Waals surface area contributed by atoms with Crippen molar-refractivity contribution in [3.8, 4) is 5.75 Å². The van der Waals surface area contributed by atoms with Crippen LogP contribution in [0, 0.1) is 0 Å². The van der Waals surface area contributed by atoms with E-state index < -0.39 is 17.7 Å². The minimum atomic E-state index is -0.720. The van der Waals surface area contributed by atoms with Gasteiger partial charge < -0.3 is 9.84 Å². The SMILES string of the molecule is COc1ccc(N2C(=O)C(=O)/C(=C(\O)c3cccc4ccccc34)C2c2cccs2)cc1. The van der Waals surface area contributed by atoms with E-state index in [1.165, 1.54) is 16.2 Å². The van der Waals surface area contributed by atoms with Crippen LogP contribution in [0.4, 0.5) is 5.69 Å². The number of nitrogens with zero attached hydrogens (tertiary/aromatic N) is 1. The number of thiophene rings is 1. The molecule has 158 valence electrons. The second kappa shape index (κ2) is 7.98. The van der Waals surface area contributed by atoms with Gasteiger partial charge in [0.1, 0.15) is 17.6 Å². The fourth-order valence-corrected chi connectivity index (χ4v) is 4.96. The van der Waals surface area contributed by atoms with Crippen molar-refractivity contribution in [2.45, 2.75) is 6.04 Å². The summed E-state index contributed by atoms with van der Waals surface area (Å²) in [6, 6.07) is 23.2. The van der Waals surface area contributed by atoms with Crippen molar-refractivity contribution in [1.29, 1.82) is 0 Å². The Morgan fingerprint density at radius 3 is 2.41 bits per heavy atom. The van der Waals surface area contributed by atoms with Crippen LogP contribution in [-0.4, -0.2) is 23.9 Å². The number of benzene rings is 3. The molecule has 6 heteroatoms. The second-order valence-corrected chi connectivity index (χ2v) is 8.39. The molecule has 2 heterocycles. The summed E-state index contributed by atoms with van der Waals surface area (Å²) in [7, 11) is 1.57. The lowest BCUT2D eigenvalue weighted by atomic mass is 9.96. The Bertz CT molecular complexity index is 1350. The van der Waals surface area contributed by atoms with E-state index in [-0.39, 0.29) is 11.3 Å². The maximum atomic E-state index is 13.2. The fourth-order valence-electron chi connectivity index (χ4n) is 4.13. The maximum absolute atomic E-state index is 13.2. The molecule has 1 atom stereocenters. The van der Waals surface area contributed by atoms with Crippen LogP contribution < -0.4 is 9.64 Å². The number of fused-ring (bicyclic) bond motifs is 1. The molecule has 0 bridgehead atoms. The zero-order valence-corrected chi connectivity index (χ0v) is 18.0. The highest BCUT2D eigenvalue weighted by atomic mass is 32.1. The van der Waals surface area contributed by atoms with Gasteiger partial charge in [0.2, 0.25) is 0 Å². The molecule has 1 saturated heterocycles. The van der Waals surface area contributed by atoms with Gasteiger partial charge in [-0.05, 0) is 46.5 Å². The molecule has 1 aliphatic heterocycles. The summed E-state index contributed by atoms with van der Waals surface area (Å²) in [5.74, 6) is -0.900. The van der Waals surface area contributed by atoms with Crippen molar-refractivity contribution < 1.29 is 19.4 Å². The van der Waals surface area contributed by atoms with Gasteiger partial charge >= 0.3 is 0 Å². The van der Waals surface area contributed by atoms with Gasteiger partial charge in [0, 0.05) is 16.1 Å². The monoisotopic (exact) mass is 441 g/mol. The summed E-state index contributed by atoms with van der Waals surface area (Å²) in [6.45, 7) is 0. The smallest absolute Gasteiger partial charge is 0.300 e. The van der Waals surface area contributed by atoms with E-state index >= 15 is 0 Å². The molecule has 0 saturated carbocycles. The first kappa shape index (κ1) is 20.0. The van der Waals surface area contributed by atoms with Gasteiger partial charge in [-0.15, -0.1) is 11.3 Å². The summed E-state index contributed by atoms with van der Waals surface area (Å²) < 4.78 is 5.22. The summed E-state index contributed by atoms with van der Waals surface area (Å²) in [4.78, 5) is 28.7. The van der Waals surface area contributed by atoms with Crippen molar-refractivity contribution in [3.05, 3.63) is 100 Å². The van der Waals surface area contributed by atoms with Crippen LogP contribution in [0.1, 0.15) is 16.5 Å². The number of carbonyl (C=O) groups is 2. The first-order chi connectivity index (χ1) is 15.6. The summed E-state index contributed by atoms with van der Waals surface area (Å²) in [6.07, 6.45) is 0. The topological polar surface area (TPSA) is 66.8 Å². The van der Waals surface area contributed by atoms with Crippen molar-refractivity contribution in [3.63, 3.8) is 0 Å². The molecule has 1 aliphatic rings. The number of Topliss-reactive ketones (excluding diaryl/α,β-unsaturated/α-hetero) is 1. The average Bonchev–Trinajstić information content (AvgIpc) is 3.45. The third-order valence-corrected chi connectivity index (χ3v) is 6.58. The molecule has 0 radical (unpaired) electrons. The number of ketones is 1. The average molecular weight is 442 g/mol. The van der Waals surface area contributed by atoms with Gasteiger partial charge in [-0.25, -0.2) is 0 Å². The predicted molar refractivity (Wildman–Crippen MR) is 126 cm³/mol. The molecule has 32 heavy (non-hydrogen) atoms. The molecule has 1 unspecified atom stereocenters. The fraction of sp³-hybridized carbons (Fsp3) is 0.0769. The molecule has 0 spiro atoms. The third kappa shape index (κ3) is 3.16. The lowest BCUT2D eigenvalue weighted by Gasteiger charge is -2.24. The summed E-state index contributed by atoms with van der Waals surface area (Å²) in [5, 5.41) is 15.0. The standard InChI is InChI=1S/C26H19NO4S/c1-31-18-13-11-17(12-14-18)27-23(21-10-5-15-32-21)22(25(29)26(27)30)24(28)20-9-4-7-16-6-2-3-8-19(16)20/h2-15,23,28H,1H3/b24-22-. The van der Waals surface area contributed by atoms with E-state index in [1.54, 1.807) is 37.4 Å². The largest absolute Gasteiger partial charge is 0.507 e.